The second kappa shape index (κ2) is 9.02. The highest BCUT2D eigenvalue weighted by atomic mass is 16.5. The first kappa shape index (κ1) is 15.4. The number of hydrogen-bond acceptors (Lipinski definition) is 2. The lowest BCUT2D eigenvalue weighted by atomic mass is 10.1. The molecule has 1 heterocycles. The molecule has 1 aliphatic rings. The van der Waals surface area contributed by atoms with Crippen molar-refractivity contribution in [3.63, 3.8) is 0 Å². The van der Waals surface area contributed by atoms with Crippen molar-refractivity contribution in [2.45, 2.75) is 51.9 Å². The quantitative estimate of drug-likeness (QED) is 0.656. The highest BCUT2D eigenvalue weighted by Crippen LogP contribution is 2.20. The van der Waals surface area contributed by atoms with Gasteiger partial charge in [0.2, 0.25) is 0 Å². The van der Waals surface area contributed by atoms with Crippen LogP contribution in [0.5, 0.6) is 5.75 Å². The molecule has 1 aromatic carbocycles. The van der Waals surface area contributed by atoms with Crippen molar-refractivity contribution in [1.82, 2.24) is 4.90 Å². The van der Waals surface area contributed by atoms with Crippen LogP contribution in [0.15, 0.2) is 24.3 Å². The molecule has 0 spiro atoms. The van der Waals surface area contributed by atoms with Gasteiger partial charge in [0.05, 0.1) is 0 Å². The molecule has 2 nitrogen and oxygen atoms in total. The van der Waals surface area contributed by atoms with Crippen LogP contribution in [0, 0.1) is 0 Å². The first-order valence-corrected chi connectivity index (χ1v) is 8.33. The van der Waals surface area contributed by atoms with Crippen molar-refractivity contribution in [2.24, 2.45) is 0 Å². The van der Waals surface area contributed by atoms with Crippen LogP contribution in [0.25, 0.3) is 0 Å². The molecule has 1 saturated heterocycles. The van der Waals surface area contributed by atoms with Crippen LogP contribution >= 0.6 is 0 Å². The zero-order chi connectivity index (χ0) is 14.0. The molecule has 0 bridgehead atoms. The van der Waals surface area contributed by atoms with Gasteiger partial charge >= 0.3 is 0 Å². The first-order valence-electron chi connectivity index (χ1n) is 8.33. The van der Waals surface area contributed by atoms with E-state index in [1.54, 1.807) is 0 Å². The van der Waals surface area contributed by atoms with Gasteiger partial charge in [-0.3, -0.25) is 4.90 Å². The van der Waals surface area contributed by atoms with Gasteiger partial charge in [-0.05, 0) is 50.4 Å². The average molecular weight is 275 g/mol. The van der Waals surface area contributed by atoms with Crippen molar-refractivity contribution in [2.75, 3.05) is 26.2 Å². The summed E-state index contributed by atoms with van der Waals surface area (Å²) in [5, 5.41) is 0. The molecule has 0 atom stereocenters. The summed E-state index contributed by atoms with van der Waals surface area (Å²) in [6, 6.07) is 8.54. The van der Waals surface area contributed by atoms with E-state index in [4.69, 9.17) is 4.74 Å². The highest BCUT2D eigenvalue weighted by molar-refractivity contribution is 5.33. The third-order valence-electron chi connectivity index (χ3n) is 4.14. The normalized spacial score (nSPS) is 16.2. The van der Waals surface area contributed by atoms with E-state index in [9.17, 15) is 0 Å². The fourth-order valence-electron chi connectivity index (χ4n) is 2.88. The molecule has 2 heteroatoms. The Morgan fingerprint density at radius 2 is 1.85 bits per heavy atom. The maximum Gasteiger partial charge on any atom is 0.122 e. The van der Waals surface area contributed by atoms with Crippen molar-refractivity contribution in [3.8, 4) is 5.75 Å². The summed E-state index contributed by atoms with van der Waals surface area (Å²) in [6.45, 7) is 6.65. The molecule has 0 N–H and O–H groups in total. The predicted octanol–water partition coefficient (Wildman–Crippen LogP) is 4.28. The highest BCUT2D eigenvalue weighted by Gasteiger charge is 2.10. The Hall–Kier alpha value is -1.02. The molecule has 0 saturated carbocycles. The lowest BCUT2D eigenvalue weighted by Crippen LogP contribution is -2.33. The van der Waals surface area contributed by atoms with E-state index in [0.717, 1.165) is 25.3 Å². The number of hydrogen-bond donors (Lipinski definition) is 0. The standard InChI is InChI=1S/C18H29NO/c1-2-3-5-10-17-11-6-7-12-18(17)20-16-15-19-13-8-4-9-14-19/h6-7,11-12H,2-5,8-10,13-16H2,1H3. The van der Waals surface area contributed by atoms with Crippen LogP contribution < -0.4 is 4.74 Å². The summed E-state index contributed by atoms with van der Waals surface area (Å²) in [4.78, 5) is 2.53. The van der Waals surface area contributed by atoms with Crippen molar-refractivity contribution >= 4 is 0 Å². The number of rotatable bonds is 8. The largest absolute Gasteiger partial charge is 0.492 e. The van der Waals surface area contributed by atoms with Gasteiger partial charge in [-0.2, -0.15) is 0 Å². The van der Waals surface area contributed by atoms with E-state index in [1.165, 1.54) is 57.2 Å². The van der Waals surface area contributed by atoms with E-state index in [1.807, 2.05) is 0 Å². The number of piperidine rings is 1. The minimum Gasteiger partial charge on any atom is -0.492 e. The SMILES string of the molecule is CCCCCc1ccccc1OCCN1CCCCC1. The van der Waals surface area contributed by atoms with Crippen LogP contribution in [-0.2, 0) is 6.42 Å². The van der Waals surface area contributed by atoms with Crippen LogP contribution in [0.4, 0.5) is 0 Å². The Morgan fingerprint density at radius 1 is 1.05 bits per heavy atom. The van der Waals surface area contributed by atoms with Crippen LogP contribution in [0.3, 0.4) is 0 Å². The smallest absolute Gasteiger partial charge is 0.122 e. The maximum absolute atomic E-state index is 6.03. The summed E-state index contributed by atoms with van der Waals surface area (Å²) in [5.74, 6) is 1.10. The molecule has 0 aliphatic carbocycles. The van der Waals surface area contributed by atoms with Gasteiger partial charge in [-0.15, -0.1) is 0 Å². The third kappa shape index (κ3) is 5.16. The third-order valence-corrected chi connectivity index (χ3v) is 4.14. The number of unbranched alkanes of at least 4 members (excludes halogenated alkanes) is 2. The van der Waals surface area contributed by atoms with Gasteiger partial charge in [0.15, 0.2) is 0 Å². The lowest BCUT2D eigenvalue weighted by Gasteiger charge is -2.26. The Balaban J connectivity index is 1.76. The van der Waals surface area contributed by atoms with E-state index in [0.29, 0.717) is 0 Å². The first-order chi connectivity index (χ1) is 9.90. The zero-order valence-electron chi connectivity index (χ0n) is 12.9. The van der Waals surface area contributed by atoms with Gasteiger partial charge in [0.25, 0.3) is 0 Å². The number of nitrogens with zero attached hydrogens (tertiary/aromatic N) is 1. The Bertz CT molecular complexity index is 371. The van der Waals surface area contributed by atoms with Gasteiger partial charge < -0.3 is 4.74 Å². The predicted molar refractivity (Wildman–Crippen MR) is 85.5 cm³/mol. The number of para-hydroxylation sites is 1. The second-order valence-electron chi connectivity index (χ2n) is 5.82. The molecule has 1 aliphatic heterocycles. The monoisotopic (exact) mass is 275 g/mol. The summed E-state index contributed by atoms with van der Waals surface area (Å²) in [7, 11) is 0. The molecule has 1 fully saturated rings. The molecule has 0 unspecified atom stereocenters. The molecule has 0 amide bonds. The minimum atomic E-state index is 0.824. The fourth-order valence-corrected chi connectivity index (χ4v) is 2.88. The van der Waals surface area contributed by atoms with Crippen LogP contribution in [-0.4, -0.2) is 31.1 Å². The van der Waals surface area contributed by atoms with Gasteiger partial charge in [-0.1, -0.05) is 44.4 Å². The summed E-state index contributed by atoms with van der Waals surface area (Å²) in [5.41, 5.74) is 1.37. The Labute approximate surface area is 124 Å². The van der Waals surface area contributed by atoms with Crippen molar-refractivity contribution < 1.29 is 4.74 Å². The number of ether oxygens (including phenoxy) is 1. The van der Waals surface area contributed by atoms with Gasteiger partial charge in [0, 0.05) is 6.54 Å². The number of benzene rings is 1. The number of likely N-dealkylation sites (tertiary alicyclic amines) is 1. The summed E-state index contributed by atoms with van der Waals surface area (Å²) in [6.07, 6.45) is 9.11. The molecule has 112 valence electrons. The van der Waals surface area contributed by atoms with E-state index in [-0.39, 0.29) is 0 Å². The minimum absolute atomic E-state index is 0.824. The lowest BCUT2D eigenvalue weighted by molar-refractivity contribution is 0.182. The average Bonchev–Trinajstić information content (AvgIpc) is 2.50. The van der Waals surface area contributed by atoms with Gasteiger partial charge in [-0.25, -0.2) is 0 Å². The molecular formula is C18H29NO. The van der Waals surface area contributed by atoms with E-state index in [2.05, 4.69) is 36.1 Å². The maximum atomic E-state index is 6.03. The molecule has 2 rings (SSSR count). The molecule has 20 heavy (non-hydrogen) atoms. The second-order valence-corrected chi connectivity index (χ2v) is 5.82. The topological polar surface area (TPSA) is 12.5 Å². The van der Waals surface area contributed by atoms with Crippen molar-refractivity contribution in [1.29, 1.82) is 0 Å². The summed E-state index contributed by atoms with van der Waals surface area (Å²) >= 11 is 0. The Kier molecular flexibility index (Phi) is 6.93. The Morgan fingerprint density at radius 3 is 2.65 bits per heavy atom. The summed E-state index contributed by atoms with van der Waals surface area (Å²) < 4.78 is 6.03. The van der Waals surface area contributed by atoms with Gasteiger partial charge in [0.1, 0.15) is 12.4 Å². The molecule has 0 radical (unpaired) electrons. The van der Waals surface area contributed by atoms with Crippen LogP contribution in [0.2, 0.25) is 0 Å². The molecule has 0 aromatic heterocycles. The molecular weight excluding hydrogens is 246 g/mol. The van der Waals surface area contributed by atoms with E-state index >= 15 is 0 Å². The molecule has 1 aromatic rings. The van der Waals surface area contributed by atoms with Crippen LogP contribution in [0.1, 0.15) is 51.0 Å². The fraction of sp³-hybridized carbons (Fsp3) is 0.667. The van der Waals surface area contributed by atoms with Crippen molar-refractivity contribution in [3.05, 3.63) is 29.8 Å². The number of aryl methyl sites for hydroxylation is 1. The van der Waals surface area contributed by atoms with E-state index < -0.39 is 0 Å². The zero-order valence-corrected chi connectivity index (χ0v) is 12.9.